The van der Waals surface area contributed by atoms with Crippen LogP contribution in [-0.4, -0.2) is 16.5 Å². The molecule has 0 amide bonds. The lowest BCUT2D eigenvalue weighted by Gasteiger charge is -2.29. The molecule has 1 fully saturated rings. The summed E-state index contributed by atoms with van der Waals surface area (Å²) in [6.07, 6.45) is 6.21. The fourth-order valence-electron chi connectivity index (χ4n) is 2.72. The van der Waals surface area contributed by atoms with Crippen molar-refractivity contribution in [3.05, 3.63) is 28.5 Å². The first kappa shape index (κ1) is 13.4. The van der Waals surface area contributed by atoms with Crippen LogP contribution in [0.3, 0.4) is 0 Å². The Labute approximate surface area is 125 Å². The van der Waals surface area contributed by atoms with E-state index in [9.17, 15) is 4.39 Å². The average molecular weight is 343 g/mol. The van der Waals surface area contributed by atoms with Crippen LogP contribution in [0.2, 0.25) is 0 Å². The minimum atomic E-state index is -0.248. The maximum absolute atomic E-state index is 13.8. The topological polar surface area (TPSA) is 24.4 Å². The van der Waals surface area contributed by atoms with Crippen LogP contribution in [0.25, 0.3) is 0 Å². The molecule has 1 aliphatic heterocycles. The highest BCUT2D eigenvalue weighted by molar-refractivity contribution is 9.10. The number of thioether (sulfide) groups is 1. The van der Waals surface area contributed by atoms with Crippen molar-refractivity contribution in [2.45, 2.75) is 37.6 Å². The van der Waals surface area contributed by atoms with E-state index in [0.29, 0.717) is 5.69 Å². The smallest absolute Gasteiger partial charge is 0.161 e. The monoisotopic (exact) mass is 342 g/mol. The van der Waals surface area contributed by atoms with Crippen LogP contribution in [0.1, 0.15) is 32.1 Å². The van der Waals surface area contributed by atoms with Crippen LogP contribution in [0.4, 0.5) is 10.1 Å². The summed E-state index contributed by atoms with van der Waals surface area (Å²) >= 11 is 4.98. The molecule has 1 saturated carbocycles. The Morgan fingerprint density at radius 2 is 2.05 bits per heavy atom. The first-order valence-electron chi connectivity index (χ1n) is 6.62. The van der Waals surface area contributed by atoms with Crippen molar-refractivity contribution in [3.63, 3.8) is 0 Å². The van der Waals surface area contributed by atoms with E-state index < -0.39 is 0 Å². The van der Waals surface area contributed by atoms with E-state index >= 15 is 0 Å². The minimum Gasteiger partial charge on any atom is -0.333 e. The van der Waals surface area contributed by atoms with Crippen molar-refractivity contribution >= 4 is 38.5 Å². The van der Waals surface area contributed by atoms with Gasteiger partial charge in [-0.1, -0.05) is 47.0 Å². The number of hydrogen-bond donors (Lipinski definition) is 1. The fourth-order valence-corrected chi connectivity index (χ4v) is 4.25. The number of nitrogens with one attached hydrogen (secondary N) is 1. The minimum absolute atomic E-state index is 0.122. The quantitative estimate of drug-likeness (QED) is 0.792. The molecule has 1 aromatic carbocycles. The summed E-state index contributed by atoms with van der Waals surface area (Å²) in [5.74, 6) is 0.787. The summed E-state index contributed by atoms with van der Waals surface area (Å²) < 4.78 is 14.5. The third kappa shape index (κ3) is 2.97. The number of rotatable bonds is 1. The molecule has 0 saturated heterocycles. The van der Waals surface area contributed by atoms with E-state index in [1.807, 2.05) is 6.07 Å². The summed E-state index contributed by atoms with van der Waals surface area (Å²) in [5, 5.41) is 3.99. The number of halogens is 2. The number of benzene rings is 1. The zero-order valence-corrected chi connectivity index (χ0v) is 13.0. The molecule has 2 aliphatic rings. The van der Waals surface area contributed by atoms with Crippen LogP contribution < -0.4 is 5.32 Å². The van der Waals surface area contributed by atoms with E-state index in [4.69, 9.17) is 4.99 Å². The van der Waals surface area contributed by atoms with E-state index in [-0.39, 0.29) is 11.4 Å². The molecule has 2 nitrogen and oxygen atoms in total. The van der Waals surface area contributed by atoms with Crippen LogP contribution in [0.15, 0.2) is 27.7 Å². The molecular formula is C14H16BrFN2S. The van der Waals surface area contributed by atoms with E-state index in [0.717, 1.165) is 15.4 Å². The third-order valence-electron chi connectivity index (χ3n) is 3.77. The van der Waals surface area contributed by atoms with Crippen molar-refractivity contribution in [2.75, 3.05) is 11.1 Å². The van der Waals surface area contributed by atoms with E-state index in [1.54, 1.807) is 17.8 Å². The van der Waals surface area contributed by atoms with Gasteiger partial charge in [0.15, 0.2) is 5.17 Å². The molecule has 0 atom stereocenters. The maximum Gasteiger partial charge on any atom is 0.161 e. The van der Waals surface area contributed by atoms with Crippen molar-refractivity contribution in [2.24, 2.45) is 4.99 Å². The normalized spacial score (nSPS) is 21.5. The molecule has 0 aromatic heterocycles. The molecule has 19 heavy (non-hydrogen) atoms. The number of aliphatic imine (C=N–C) groups is 1. The molecule has 5 heteroatoms. The Morgan fingerprint density at radius 1 is 1.26 bits per heavy atom. The molecule has 1 N–H and O–H groups in total. The Balaban J connectivity index is 1.75. The van der Waals surface area contributed by atoms with Gasteiger partial charge in [0.25, 0.3) is 0 Å². The number of amidine groups is 1. The van der Waals surface area contributed by atoms with Crippen LogP contribution in [-0.2, 0) is 0 Å². The average Bonchev–Trinajstić information content (AvgIpc) is 2.77. The first-order chi connectivity index (χ1) is 9.17. The molecule has 3 rings (SSSR count). The zero-order valence-electron chi connectivity index (χ0n) is 10.6. The molecule has 1 aliphatic carbocycles. The molecule has 0 radical (unpaired) electrons. The van der Waals surface area contributed by atoms with Crippen LogP contribution in [0.5, 0.6) is 0 Å². The van der Waals surface area contributed by atoms with Crippen molar-refractivity contribution in [3.8, 4) is 0 Å². The Morgan fingerprint density at radius 3 is 2.79 bits per heavy atom. The van der Waals surface area contributed by atoms with Gasteiger partial charge >= 0.3 is 0 Å². The maximum atomic E-state index is 13.8. The molecule has 1 spiro atoms. The zero-order chi connectivity index (χ0) is 13.3. The SMILES string of the molecule is Fc1cc(Br)ccc1NC1=NC2(CCCCC2)CS1. The molecular weight excluding hydrogens is 327 g/mol. The molecule has 0 bridgehead atoms. The van der Waals surface area contributed by atoms with Gasteiger partial charge in [0.1, 0.15) is 5.82 Å². The fraction of sp³-hybridized carbons (Fsp3) is 0.500. The van der Waals surface area contributed by atoms with E-state index in [2.05, 4.69) is 21.2 Å². The van der Waals surface area contributed by atoms with Crippen molar-refractivity contribution in [1.82, 2.24) is 0 Å². The second-order valence-electron chi connectivity index (χ2n) is 5.24. The molecule has 1 heterocycles. The van der Waals surface area contributed by atoms with Crippen LogP contribution in [0, 0.1) is 5.82 Å². The van der Waals surface area contributed by atoms with Gasteiger partial charge in [0, 0.05) is 10.2 Å². The number of hydrogen-bond acceptors (Lipinski definition) is 3. The van der Waals surface area contributed by atoms with Gasteiger partial charge in [-0.3, -0.25) is 4.99 Å². The number of nitrogens with zero attached hydrogens (tertiary/aromatic N) is 1. The van der Waals surface area contributed by atoms with Gasteiger partial charge in [-0.25, -0.2) is 4.39 Å². The predicted molar refractivity (Wildman–Crippen MR) is 83.4 cm³/mol. The van der Waals surface area contributed by atoms with Gasteiger partial charge in [0.05, 0.1) is 11.2 Å². The first-order valence-corrected chi connectivity index (χ1v) is 8.40. The van der Waals surface area contributed by atoms with Gasteiger partial charge in [-0.2, -0.15) is 0 Å². The summed E-state index contributed by atoms with van der Waals surface area (Å²) in [6.45, 7) is 0. The van der Waals surface area contributed by atoms with Gasteiger partial charge < -0.3 is 5.32 Å². The highest BCUT2D eigenvalue weighted by Gasteiger charge is 2.36. The number of anilines is 1. The predicted octanol–water partition coefficient (Wildman–Crippen LogP) is 4.81. The Bertz CT molecular complexity index is 512. The second kappa shape index (κ2) is 5.44. The lowest BCUT2D eigenvalue weighted by Crippen LogP contribution is -2.29. The highest BCUT2D eigenvalue weighted by atomic mass is 79.9. The molecule has 102 valence electrons. The molecule has 1 aromatic rings. The van der Waals surface area contributed by atoms with E-state index in [1.165, 1.54) is 38.2 Å². The van der Waals surface area contributed by atoms with Crippen LogP contribution >= 0.6 is 27.7 Å². The highest BCUT2D eigenvalue weighted by Crippen LogP contribution is 2.40. The van der Waals surface area contributed by atoms with Crippen molar-refractivity contribution in [1.29, 1.82) is 0 Å². The second-order valence-corrected chi connectivity index (χ2v) is 7.12. The summed E-state index contributed by atoms with van der Waals surface area (Å²) in [4.78, 5) is 4.83. The summed E-state index contributed by atoms with van der Waals surface area (Å²) in [6, 6.07) is 5.05. The Hall–Kier alpha value is -0.550. The Kier molecular flexibility index (Phi) is 3.85. The summed E-state index contributed by atoms with van der Waals surface area (Å²) in [5.41, 5.74) is 0.624. The lowest BCUT2D eigenvalue weighted by molar-refractivity contribution is 0.335. The molecule has 0 unspecified atom stereocenters. The third-order valence-corrected chi connectivity index (χ3v) is 5.42. The largest absolute Gasteiger partial charge is 0.333 e. The van der Waals surface area contributed by atoms with Gasteiger partial charge in [-0.15, -0.1) is 0 Å². The van der Waals surface area contributed by atoms with Gasteiger partial charge in [-0.05, 0) is 31.0 Å². The van der Waals surface area contributed by atoms with Crippen molar-refractivity contribution < 1.29 is 4.39 Å². The summed E-state index contributed by atoms with van der Waals surface area (Å²) in [7, 11) is 0. The van der Waals surface area contributed by atoms with Gasteiger partial charge in [0.2, 0.25) is 0 Å². The lowest BCUT2D eigenvalue weighted by atomic mass is 9.84. The standard InChI is InChI=1S/C14H16BrFN2S/c15-10-4-5-12(11(16)8-10)17-13-18-14(9-19-13)6-2-1-3-7-14/h4-5,8H,1-3,6-7,9H2,(H,17,18).